The van der Waals surface area contributed by atoms with E-state index in [2.05, 4.69) is 0 Å². The molecule has 1 aliphatic rings. The minimum atomic E-state index is -0.469. The fourth-order valence-electron chi connectivity index (χ4n) is 3.24. The second-order valence-corrected chi connectivity index (χ2v) is 10.0. The minimum Gasteiger partial charge on any atom is -0.490 e. The van der Waals surface area contributed by atoms with Gasteiger partial charge in [0.15, 0.2) is 0 Å². The van der Waals surface area contributed by atoms with Gasteiger partial charge in [-0.2, -0.15) is 0 Å². The predicted molar refractivity (Wildman–Crippen MR) is 138 cm³/mol. The van der Waals surface area contributed by atoms with Gasteiger partial charge in [0, 0.05) is 11.0 Å². The van der Waals surface area contributed by atoms with Gasteiger partial charge < -0.3 is 4.74 Å². The number of nitrogens with zero attached hydrogens (tertiary/aromatic N) is 2. The molecule has 0 atom stereocenters. The fourth-order valence-corrected chi connectivity index (χ4v) is 5.19. The zero-order chi connectivity index (χ0) is 24.9. The summed E-state index contributed by atoms with van der Waals surface area (Å²) in [7, 11) is 0. The van der Waals surface area contributed by atoms with Crippen molar-refractivity contribution in [2.75, 3.05) is 13.2 Å². The van der Waals surface area contributed by atoms with Crippen molar-refractivity contribution < 1.29 is 19.2 Å². The summed E-state index contributed by atoms with van der Waals surface area (Å²) in [5.41, 5.74) is 1.49. The highest BCUT2D eigenvalue weighted by Gasteiger charge is 2.35. The Kier molecular flexibility index (Phi) is 7.80. The zero-order valence-corrected chi connectivity index (χ0v) is 20.9. The number of aryl methyl sites for hydroxylation is 1. The Morgan fingerprint density at radius 2 is 1.86 bits per heavy atom. The van der Waals surface area contributed by atoms with Gasteiger partial charge in [-0.1, -0.05) is 59.3 Å². The number of carbonyl (C=O) groups excluding carboxylic acids is 2. The Balaban J connectivity index is 1.47. The molecule has 0 aliphatic carbocycles. The van der Waals surface area contributed by atoms with Crippen LogP contribution in [0.25, 0.3) is 6.08 Å². The maximum atomic E-state index is 12.8. The number of hydrogen-bond acceptors (Lipinski definition) is 7. The molecule has 1 fully saturated rings. The van der Waals surface area contributed by atoms with Gasteiger partial charge in [0.2, 0.25) is 0 Å². The molecule has 0 bridgehead atoms. The van der Waals surface area contributed by atoms with Crippen molar-refractivity contribution in [2.24, 2.45) is 0 Å². The number of para-hydroxylation sites is 1. The number of benzene rings is 3. The average molecular weight is 527 g/mol. The van der Waals surface area contributed by atoms with E-state index in [9.17, 15) is 19.7 Å². The van der Waals surface area contributed by atoms with Crippen LogP contribution < -0.4 is 4.74 Å². The molecule has 3 aromatic carbocycles. The van der Waals surface area contributed by atoms with Crippen molar-refractivity contribution in [3.05, 3.63) is 97.9 Å². The monoisotopic (exact) mass is 526 g/mol. The molecule has 10 heteroatoms. The predicted octanol–water partition coefficient (Wildman–Crippen LogP) is 6.82. The summed E-state index contributed by atoms with van der Waals surface area (Å²) in [6.45, 7) is 2.12. The van der Waals surface area contributed by atoms with Gasteiger partial charge in [0.05, 0.1) is 26.3 Å². The first-order valence-electron chi connectivity index (χ1n) is 10.5. The first-order chi connectivity index (χ1) is 16.8. The Hall–Kier alpha value is -3.27. The molecule has 0 saturated carbocycles. The smallest absolute Gasteiger partial charge is 0.293 e. The van der Waals surface area contributed by atoms with Gasteiger partial charge in [-0.25, -0.2) is 0 Å². The summed E-state index contributed by atoms with van der Waals surface area (Å²) in [5, 5.41) is 11.7. The molecule has 7 nitrogen and oxygen atoms in total. The van der Waals surface area contributed by atoms with Gasteiger partial charge in [-0.05, 0) is 60.7 Å². The Morgan fingerprint density at radius 1 is 1.11 bits per heavy atom. The maximum Gasteiger partial charge on any atom is 0.293 e. The molecule has 0 spiro atoms. The third-order valence-electron chi connectivity index (χ3n) is 5.01. The second-order valence-electron chi connectivity index (χ2n) is 7.51. The van der Waals surface area contributed by atoms with Crippen LogP contribution in [0.15, 0.2) is 81.4 Å². The third-order valence-corrected chi connectivity index (χ3v) is 7.30. The minimum absolute atomic E-state index is 0.0551. The number of hydrogen-bond donors (Lipinski definition) is 0. The summed E-state index contributed by atoms with van der Waals surface area (Å²) in [5.74, 6) is -0.00361. The zero-order valence-electron chi connectivity index (χ0n) is 18.5. The van der Waals surface area contributed by atoms with E-state index in [-0.39, 0.29) is 23.7 Å². The van der Waals surface area contributed by atoms with Crippen LogP contribution in [0.2, 0.25) is 5.02 Å². The molecule has 3 aromatic rings. The van der Waals surface area contributed by atoms with E-state index in [0.29, 0.717) is 21.2 Å². The van der Waals surface area contributed by atoms with E-state index in [1.807, 2.05) is 31.2 Å². The molecular weight excluding hydrogens is 508 g/mol. The van der Waals surface area contributed by atoms with Crippen molar-refractivity contribution in [1.29, 1.82) is 0 Å². The summed E-state index contributed by atoms with van der Waals surface area (Å²) in [4.78, 5) is 39.1. The third kappa shape index (κ3) is 6.05. The highest BCUT2D eigenvalue weighted by molar-refractivity contribution is 8.18. The van der Waals surface area contributed by atoms with Crippen LogP contribution in [-0.2, 0) is 4.79 Å². The van der Waals surface area contributed by atoms with Crippen LogP contribution in [0.5, 0.6) is 5.75 Å². The van der Waals surface area contributed by atoms with Gasteiger partial charge in [0.1, 0.15) is 12.4 Å². The van der Waals surface area contributed by atoms with E-state index in [1.165, 1.54) is 23.9 Å². The number of nitro benzene ring substituents is 1. The van der Waals surface area contributed by atoms with Crippen LogP contribution >= 0.6 is 35.1 Å². The topological polar surface area (TPSA) is 89.8 Å². The molecule has 0 aromatic heterocycles. The Morgan fingerprint density at radius 3 is 2.57 bits per heavy atom. The van der Waals surface area contributed by atoms with Gasteiger partial charge >= 0.3 is 0 Å². The van der Waals surface area contributed by atoms with E-state index >= 15 is 0 Å². The van der Waals surface area contributed by atoms with E-state index < -0.39 is 16.1 Å². The summed E-state index contributed by atoms with van der Waals surface area (Å²) in [6.07, 6.45) is 1.49. The number of nitro groups is 1. The molecule has 35 heavy (non-hydrogen) atoms. The summed E-state index contributed by atoms with van der Waals surface area (Å²) >= 11 is 8.14. The fraction of sp³-hybridized carbons (Fsp3) is 0.120. The van der Waals surface area contributed by atoms with Crippen molar-refractivity contribution in [2.45, 2.75) is 16.7 Å². The van der Waals surface area contributed by atoms with E-state index in [0.717, 1.165) is 27.1 Å². The molecule has 0 N–H and O–H groups in total. The number of carbonyl (C=O) groups is 2. The van der Waals surface area contributed by atoms with Gasteiger partial charge in [0.25, 0.3) is 16.8 Å². The van der Waals surface area contributed by atoms with Crippen molar-refractivity contribution in [3.8, 4) is 5.75 Å². The normalized spacial score (nSPS) is 14.6. The molecule has 1 saturated heterocycles. The molecule has 1 heterocycles. The Bertz CT molecular complexity index is 1330. The first-order valence-corrected chi connectivity index (χ1v) is 12.5. The van der Waals surface area contributed by atoms with Crippen molar-refractivity contribution >= 4 is 58.0 Å². The highest BCUT2D eigenvalue weighted by Crippen LogP contribution is 2.37. The van der Waals surface area contributed by atoms with Crippen LogP contribution in [0, 0.1) is 17.0 Å². The molecule has 0 radical (unpaired) electrons. The lowest BCUT2D eigenvalue weighted by atomic mass is 10.2. The number of imide groups is 1. The second kappa shape index (κ2) is 11.0. The molecule has 4 rings (SSSR count). The molecule has 178 valence electrons. The van der Waals surface area contributed by atoms with Crippen molar-refractivity contribution in [1.82, 2.24) is 4.90 Å². The number of ether oxygens (including phenoxy) is 1. The SMILES string of the molecule is Cc1ccc(Sc2ccc(/C=C3\SC(=O)N(CCOc4ccccc4Cl)C3=O)cc2[N+](=O)[O-])cc1. The highest BCUT2D eigenvalue weighted by atomic mass is 35.5. The number of rotatable bonds is 8. The summed E-state index contributed by atoms with van der Waals surface area (Å²) < 4.78 is 5.58. The van der Waals surface area contributed by atoms with Crippen LogP contribution in [-0.4, -0.2) is 34.1 Å². The number of thioether (sulfide) groups is 1. The average Bonchev–Trinajstić information content (AvgIpc) is 3.09. The Labute approximate surface area is 215 Å². The lowest BCUT2D eigenvalue weighted by Gasteiger charge is -2.13. The molecular formula is C25H19ClN2O5S2. The van der Waals surface area contributed by atoms with Crippen LogP contribution in [0.3, 0.4) is 0 Å². The largest absolute Gasteiger partial charge is 0.490 e. The molecule has 1 aliphatic heterocycles. The molecule has 2 amide bonds. The van der Waals surface area contributed by atoms with E-state index in [4.69, 9.17) is 16.3 Å². The van der Waals surface area contributed by atoms with Gasteiger partial charge in [-0.15, -0.1) is 0 Å². The maximum absolute atomic E-state index is 12.8. The van der Waals surface area contributed by atoms with Crippen molar-refractivity contribution in [3.63, 3.8) is 0 Å². The van der Waals surface area contributed by atoms with Crippen LogP contribution in [0.1, 0.15) is 11.1 Å². The lowest BCUT2D eigenvalue weighted by Crippen LogP contribution is -2.32. The quantitative estimate of drug-likeness (QED) is 0.180. The summed E-state index contributed by atoms with van der Waals surface area (Å²) in [6, 6.07) is 19.4. The first kappa shape index (κ1) is 24.8. The van der Waals surface area contributed by atoms with Gasteiger partial charge in [-0.3, -0.25) is 24.6 Å². The van der Waals surface area contributed by atoms with E-state index in [1.54, 1.807) is 36.4 Å². The standard InChI is InChI=1S/C25H19ClN2O5S2/c1-16-6-9-18(10-7-16)34-22-11-8-17(14-20(22)28(31)32)15-23-24(29)27(25(30)35-23)12-13-33-21-5-3-2-4-19(21)26/h2-11,14-15H,12-13H2,1H3/b23-15-. The molecule has 0 unspecified atom stereocenters. The number of halogens is 1. The van der Waals surface area contributed by atoms with Crippen LogP contribution in [0.4, 0.5) is 10.5 Å². The number of amides is 2. The lowest BCUT2D eigenvalue weighted by molar-refractivity contribution is -0.387.